The Balaban J connectivity index is 1.40. The third-order valence-electron chi connectivity index (χ3n) is 5.61. The molecule has 0 bridgehead atoms. The zero-order valence-corrected chi connectivity index (χ0v) is 16.8. The zero-order valence-electron chi connectivity index (χ0n) is 16.8. The Labute approximate surface area is 182 Å². The molecule has 1 aliphatic rings. The highest BCUT2D eigenvalue weighted by Crippen LogP contribution is 2.34. The van der Waals surface area contributed by atoms with Crippen molar-refractivity contribution in [1.29, 1.82) is 0 Å². The second-order valence-electron chi connectivity index (χ2n) is 7.50. The van der Waals surface area contributed by atoms with Crippen molar-refractivity contribution in [3.8, 4) is 11.6 Å². The van der Waals surface area contributed by atoms with Crippen LogP contribution < -0.4 is 0 Å². The van der Waals surface area contributed by atoms with E-state index in [0.29, 0.717) is 18.7 Å². The molecule has 0 spiro atoms. The summed E-state index contributed by atoms with van der Waals surface area (Å²) in [6, 6.07) is 14.9. The van der Waals surface area contributed by atoms with E-state index in [1.807, 2.05) is 42.6 Å². The molecule has 0 radical (unpaired) electrons. The van der Waals surface area contributed by atoms with Crippen molar-refractivity contribution in [1.82, 2.24) is 35.0 Å². The molecule has 1 atom stereocenters. The van der Waals surface area contributed by atoms with Gasteiger partial charge in [-0.25, -0.2) is 4.98 Å². The molecule has 0 unspecified atom stereocenters. The van der Waals surface area contributed by atoms with E-state index in [0.717, 1.165) is 27.9 Å². The van der Waals surface area contributed by atoms with Crippen molar-refractivity contribution in [2.75, 3.05) is 6.54 Å². The van der Waals surface area contributed by atoms with Gasteiger partial charge in [-0.05, 0) is 23.6 Å². The van der Waals surface area contributed by atoms with E-state index in [-0.39, 0.29) is 17.7 Å². The molecule has 5 aromatic rings. The summed E-state index contributed by atoms with van der Waals surface area (Å²) in [5.74, 6) is -0.254. The van der Waals surface area contributed by atoms with Crippen LogP contribution in [0.5, 0.6) is 0 Å². The number of hydrogen-bond acceptors (Lipinski definition) is 7. The van der Waals surface area contributed by atoms with E-state index in [2.05, 4.69) is 30.1 Å². The second-order valence-corrected chi connectivity index (χ2v) is 7.50. The first kappa shape index (κ1) is 18.4. The summed E-state index contributed by atoms with van der Waals surface area (Å²) >= 11 is 0. The Hall–Kier alpha value is -4.40. The minimum absolute atomic E-state index is 0.0876. The lowest BCUT2D eigenvalue weighted by Crippen LogP contribution is -2.41. The Morgan fingerprint density at radius 1 is 1.03 bits per heavy atom. The van der Waals surface area contributed by atoms with Gasteiger partial charge in [0.2, 0.25) is 0 Å². The van der Waals surface area contributed by atoms with Crippen LogP contribution in [0, 0.1) is 0 Å². The van der Waals surface area contributed by atoms with E-state index < -0.39 is 6.04 Å². The zero-order chi connectivity index (χ0) is 21.5. The fourth-order valence-electron chi connectivity index (χ4n) is 4.07. The van der Waals surface area contributed by atoms with Crippen LogP contribution >= 0.6 is 0 Å². The van der Waals surface area contributed by atoms with Gasteiger partial charge in [-0.3, -0.25) is 14.8 Å². The first-order chi connectivity index (χ1) is 15.8. The molecule has 9 nitrogen and oxygen atoms in total. The molecule has 1 aromatic carbocycles. The normalized spacial score (nSPS) is 15.6. The molecular weight excluding hydrogens is 406 g/mol. The molecule has 9 heteroatoms. The lowest BCUT2D eigenvalue weighted by molar-refractivity contribution is 0.0647. The number of carbonyl (C=O) groups excluding carboxylic acids is 1. The molecule has 1 N–H and O–H groups in total. The summed E-state index contributed by atoms with van der Waals surface area (Å²) in [4.78, 5) is 31.7. The van der Waals surface area contributed by atoms with Crippen molar-refractivity contribution in [2.24, 2.45) is 0 Å². The Kier molecular flexibility index (Phi) is 4.24. The fourth-order valence-corrected chi connectivity index (χ4v) is 4.07. The number of aromatic amines is 1. The van der Waals surface area contributed by atoms with Crippen LogP contribution in [0.3, 0.4) is 0 Å². The lowest BCUT2D eigenvalue weighted by atomic mass is 9.98. The van der Waals surface area contributed by atoms with Crippen LogP contribution in [0.4, 0.5) is 0 Å². The van der Waals surface area contributed by atoms with Gasteiger partial charge in [-0.15, -0.1) is 10.2 Å². The number of benzene rings is 1. The molecule has 0 saturated heterocycles. The maximum Gasteiger partial charge on any atom is 0.312 e. The van der Waals surface area contributed by atoms with Gasteiger partial charge in [0.05, 0.1) is 17.7 Å². The summed E-state index contributed by atoms with van der Waals surface area (Å²) in [7, 11) is 0. The molecule has 4 aromatic heterocycles. The van der Waals surface area contributed by atoms with Gasteiger partial charge in [0.15, 0.2) is 0 Å². The number of pyridine rings is 2. The van der Waals surface area contributed by atoms with E-state index in [1.165, 1.54) is 0 Å². The minimum Gasteiger partial charge on any atom is -0.411 e. The van der Waals surface area contributed by atoms with E-state index >= 15 is 0 Å². The number of fused-ring (bicyclic) bond motifs is 2. The average Bonchev–Trinajstić information content (AvgIpc) is 3.53. The molecule has 6 rings (SSSR count). The predicted octanol–water partition coefficient (Wildman–Crippen LogP) is 3.19. The summed E-state index contributed by atoms with van der Waals surface area (Å²) in [6.07, 6.45) is 5.75. The van der Waals surface area contributed by atoms with Gasteiger partial charge in [-0.1, -0.05) is 30.3 Å². The first-order valence-electron chi connectivity index (χ1n) is 10.2. The molecule has 1 amide bonds. The Morgan fingerprint density at radius 3 is 2.78 bits per heavy atom. The van der Waals surface area contributed by atoms with Crippen molar-refractivity contribution >= 4 is 16.7 Å². The lowest BCUT2D eigenvalue weighted by Gasteiger charge is -2.33. The van der Waals surface area contributed by atoms with Crippen molar-refractivity contribution in [3.63, 3.8) is 0 Å². The number of nitrogens with one attached hydrogen (secondary N) is 1. The summed E-state index contributed by atoms with van der Waals surface area (Å²) < 4.78 is 5.68. The number of carbonyl (C=O) groups is 1. The van der Waals surface area contributed by atoms with E-state index in [1.54, 1.807) is 29.6 Å². The van der Waals surface area contributed by atoms with Crippen LogP contribution in [0.2, 0.25) is 0 Å². The monoisotopic (exact) mass is 423 g/mol. The SMILES string of the molecule is O=C(c1nnc(-c2ccccn2)o1)N1CCc2[nH]cnc2[C@H]1c1cc2ccccc2cn1. The highest BCUT2D eigenvalue weighted by Gasteiger charge is 2.37. The number of nitrogens with zero attached hydrogens (tertiary/aromatic N) is 6. The molecule has 32 heavy (non-hydrogen) atoms. The van der Waals surface area contributed by atoms with Gasteiger partial charge in [0, 0.05) is 36.4 Å². The van der Waals surface area contributed by atoms with Crippen LogP contribution in [0.15, 0.2) is 71.7 Å². The maximum absolute atomic E-state index is 13.5. The maximum atomic E-state index is 13.5. The van der Waals surface area contributed by atoms with Crippen LogP contribution in [-0.2, 0) is 6.42 Å². The number of rotatable bonds is 3. The number of hydrogen-bond donors (Lipinski definition) is 1. The van der Waals surface area contributed by atoms with Gasteiger partial charge >= 0.3 is 11.8 Å². The standard InChI is InChI=1S/C23H17N7O2/c31-23(22-29-28-21(32-22)17-7-3-4-9-24-17)30-10-8-16-19(27-13-26-16)20(30)18-11-14-5-1-2-6-15(14)12-25-18/h1-7,9,11-13,20H,8,10H2,(H,26,27)/t20-/m1/s1. The van der Waals surface area contributed by atoms with Gasteiger partial charge in [0.1, 0.15) is 11.7 Å². The first-order valence-corrected chi connectivity index (χ1v) is 10.2. The van der Waals surface area contributed by atoms with E-state index in [9.17, 15) is 4.79 Å². The van der Waals surface area contributed by atoms with Crippen LogP contribution in [0.25, 0.3) is 22.4 Å². The van der Waals surface area contributed by atoms with Crippen molar-refractivity contribution < 1.29 is 9.21 Å². The summed E-state index contributed by atoms with van der Waals surface area (Å²) in [6.45, 7) is 0.467. The van der Waals surface area contributed by atoms with Crippen molar-refractivity contribution in [2.45, 2.75) is 12.5 Å². The number of imidazole rings is 1. The smallest absolute Gasteiger partial charge is 0.312 e. The largest absolute Gasteiger partial charge is 0.411 e. The molecule has 0 aliphatic carbocycles. The molecule has 1 aliphatic heterocycles. The van der Waals surface area contributed by atoms with Crippen LogP contribution in [-0.4, -0.2) is 47.5 Å². The van der Waals surface area contributed by atoms with Crippen LogP contribution in [0.1, 0.15) is 33.8 Å². The molecule has 0 saturated carbocycles. The third-order valence-corrected chi connectivity index (χ3v) is 5.61. The summed E-state index contributed by atoms with van der Waals surface area (Å²) in [5, 5.41) is 10.1. The molecule has 0 fully saturated rings. The predicted molar refractivity (Wildman–Crippen MR) is 114 cm³/mol. The molecular formula is C23H17N7O2. The number of aromatic nitrogens is 6. The van der Waals surface area contributed by atoms with Gasteiger partial charge in [-0.2, -0.15) is 0 Å². The second kappa shape index (κ2) is 7.38. The Bertz CT molecular complexity index is 1430. The number of H-pyrrole nitrogens is 1. The average molecular weight is 423 g/mol. The third kappa shape index (κ3) is 3.02. The van der Waals surface area contributed by atoms with E-state index in [4.69, 9.17) is 4.42 Å². The Morgan fingerprint density at radius 2 is 1.91 bits per heavy atom. The van der Waals surface area contributed by atoms with Gasteiger partial charge in [0.25, 0.3) is 5.89 Å². The highest BCUT2D eigenvalue weighted by atomic mass is 16.4. The highest BCUT2D eigenvalue weighted by molar-refractivity contribution is 5.90. The molecule has 156 valence electrons. The minimum atomic E-state index is -0.465. The number of amides is 1. The fraction of sp³-hybridized carbons (Fsp3) is 0.130. The molecule has 5 heterocycles. The quantitative estimate of drug-likeness (QED) is 0.474. The van der Waals surface area contributed by atoms with Gasteiger partial charge < -0.3 is 14.3 Å². The summed E-state index contributed by atoms with van der Waals surface area (Å²) in [5.41, 5.74) is 3.01. The topological polar surface area (TPSA) is 114 Å². The van der Waals surface area contributed by atoms with Crippen molar-refractivity contribution in [3.05, 3.63) is 90.2 Å².